The van der Waals surface area contributed by atoms with Crippen molar-refractivity contribution in [2.45, 2.75) is 6.61 Å². The van der Waals surface area contributed by atoms with Crippen LogP contribution >= 0.6 is 0 Å². The van der Waals surface area contributed by atoms with E-state index < -0.39 is 0 Å². The van der Waals surface area contributed by atoms with E-state index in [1.807, 2.05) is 0 Å². The van der Waals surface area contributed by atoms with Crippen LogP contribution in [0.25, 0.3) is 11.2 Å². The number of H-pyrrole nitrogens is 1. The van der Waals surface area contributed by atoms with Gasteiger partial charge in [-0.1, -0.05) is 0 Å². The molecular formula is C8H10N4O2. The van der Waals surface area contributed by atoms with Crippen LogP contribution in [0.4, 0.5) is 0 Å². The largest absolute Gasteiger partial charge is 0.394 e. The van der Waals surface area contributed by atoms with Crippen LogP contribution in [0.15, 0.2) is 12.5 Å². The second-order valence-corrected chi connectivity index (χ2v) is 2.70. The number of imidazole rings is 1. The van der Waals surface area contributed by atoms with Crippen molar-refractivity contribution in [1.29, 1.82) is 0 Å². The van der Waals surface area contributed by atoms with Crippen LogP contribution in [0.5, 0.6) is 0 Å². The summed E-state index contributed by atoms with van der Waals surface area (Å²) in [6.45, 7) is 0.593. The number of aromatic amines is 1. The smallest absolute Gasteiger partial charge is 0.180 e. The summed E-state index contributed by atoms with van der Waals surface area (Å²) < 4.78 is 5.08. The molecule has 0 spiro atoms. The van der Waals surface area contributed by atoms with Gasteiger partial charge < -0.3 is 14.8 Å². The molecule has 0 fully saturated rings. The third kappa shape index (κ3) is 1.86. The van der Waals surface area contributed by atoms with Gasteiger partial charge in [-0.3, -0.25) is 0 Å². The minimum atomic E-state index is 0.00461. The summed E-state index contributed by atoms with van der Waals surface area (Å²) in [5.74, 6) is 0.568. The molecule has 0 aromatic carbocycles. The molecule has 2 N–H and O–H groups in total. The zero-order valence-electron chi connectivity index (χ0n) is 7.47. The summed E-state index contributed by atoms with van der Waals surface area (Å²) >= 11 is 0. The van der Waals surface area contributed by atoms with Crippen molar-refractivity contribution >= 4 is 11.2 Å². The minimum absolute atomic E-state index is 0.00461. The van der Waals surface area contributed by atoms with Gasteiger partial charge in [0, 0.05) is 0 Å². The number of aliphatic hydroxyl groups is 1. The molecule has 2 aromatic heterocycles. The highest BCUT2D eigenvalue weighted by Crippen LogP contribution is 2.04. The number of nitrogens with zero attached hydrogens (tertiary/aromatic N) is 3. The average Bonchev–Trinajstić information content (AvgIpc) is 2.65. The Hall–Kier alpha value is -1.53. The summed E-state index contributed by atoms with van der Waals surface area (Å²) in [7, 11) is 0. The maximum Gasteiger partial charge on any atom is 0.180 e. The first-order valence-corrected chi connectivity index (χ1v) is 4.24. The number of hydrogen-bond donors (Lipinski definition) is 2. The number of rotatable bonds is 4. The topological polar surface area (TPSA) is 83.9 Å². The van der Waals surface area contributed by atoms with Gasteiger partial charge in [0.25, 0.3) is 0 Å². The summed E-state index contributed by atoms with van der Waals surface area (Å²) in [6, 6.07) is 0. The van der Waals surface area contributed by atoms with Gasteiger partial charge in [-0.15, -0.1) is 0 Å². The third-order valence-electron chi connectivity index (χ3n) is 1.69. The van der Waals surface area contributed by atoms with Crippen molar-refractivity contribution in [1.82, 2.24) is 19.9 Å². The normalized spacial score (nSPS) is 10.9. The number of ether oxygens (including phenoxy) is 1. The SMILES string of the molecule is OCCOCc1ncc2[nH]cnc2n1. The van der Waals surface area contributed by atoms with Crippen LogP contribution in [-0.2, 0) is 11.3 Å². The van der Waals surface area contributed by atoms with Gasteiger partial charge in [0.1, 0.15) is 12.1 Å². The van der Waals surface area contributed by atoms with Gasteiger partial charge in [0.05, 0.1) is 25.7 Å². The fourth-order valence-electron chi connectivity index (χ4n) is 1.07. The van der Waals surface area contributed by atoms with Gasteiger partial charge in [-0.05, 0) is 0 Å². The molecule has 0 aliphatic rings. The van der Waals surface area contributed by atoms with Crippen molar-refractivity contribution in [3.63, 3.8) is 0 Å². The molecule has 2 heterocycles. The van der Waals surface area contributed by atoms with Gasteiger partial charge in [-0.2, -0.15) is 0 Å². The minimum Gasteiger partial charge on any atom is -0.394 e. The third-order valence-corrected chi connectivity index (χ3v) is 1.69. The first kappa shape index (κ1) is 9.04. The van der Waals surface area contributed by atoms with Crippen molar-refractivity contribution in [2.24, 2.45) is 0 Å². The molecule has 0 bridgehead atoms. The Kier molecular flexibility index (Phi) is 2.66. The molecule has 0 radical (unpaired) electrons. The van der Waals surface area contributed by atoms with E-state index in [2.05, 4.69) is 19.9 Å². The molecule has 0 amide bonds. The Morgan fingerprint density at radius 2 is 2.36 bits per heavy atom. The first-order valence-electron chi connectivity index (χ1n) is 4.24. The quantitative estimate of drug-likeness (QED) is 0.662. The predicted molar refractivity (Wildman–Crippen MR) is 48.4 cm³/mol. The highest BCUT2D eigenvalue weighted by molar-refractivity contribution is 5.67. The lowest BCUT2D eigenvalue weighted by Gasteiger charge is -1.99. The molecule has 6 heteroatoms. The highest BCUT2D eigenvalue weighted by Gasteiger charge is 2.01. The summed E-state index contributed by atoms with van der Waals surface area (Å²) in [6.07, 6.45) is 3.23. The molecule has 0 atom stereocenters. The van der Waals surface area contributed by atoms with E-state index in [9.17, 15) is 0 Å². The van der Waals surface area contributed by atoms with Crippen molar-refractivity contribution in [3.8, 4) is 0 Å². The molecule has 0 saturated heterocycles. The van der Waals surface area contributed by atoms with E-state index in [0.29, 0.717) is 24.7 Å². The maximum absolute atomic E-state index is 8.50. The molecule has 0 aliphatic heterocycles. The van der Waals surface area contributed by atoms with Gasteiger partial charge >= 0.3 is 0 Å². The average molecular weight is 194 g/mol. The first-order chi connectivity index (χ1) is 6.90. The zero-order chi connectivity index (χ0) is 9.80. The van der Waals surface area contributed by atoms with Crippen LogP contribution < -0.4 is 0 Å². The Morgan fingerprint density at radius 1 is 1.43 bits per heavy atom. The van der Waals surface area contributed by atoms with E-state index in [4.69, 9.17) is 9.84 Å². The fourth-order valence-corrected chi connectivity index (χ4v) is 1.07. The number of hydrogen-bond acceptors (Lipinski definition) is 5. The van der Waals surface area contributed by atoms with E-state index in [1.165, 1.54) is 0 Å². The Labute approximate surface area is 80.0 Å². The molecule has 14 heavy (non-hydrogen) atoms. The second-order valence-electron chi connectivity index (χ2n) is 2.70. The van der Waals surface area contributed by atoms with Gasteiger partial charge in [-0.25, -0.2) is 15.0 Å². The molecule has 6 nitrogen and oxygen atoms in total. The van der Waals surface area contributed by atoms with Crippen molar-refractivity contribution in [3.05, 3.63) is 18.3 Å². The van der Waals surface area contributed by atoms with Crippen molar-refractivity contribution < 1.29 is 9.84 Å². The Balaban J connectivity index is 2.10. The fraction of sp³-hybridized carbons (Fsp3) is 0.375. The van der Waals surface area contributed by atoms with Crippen LogP contribution in [0.1, 0.15) is 5.82 Å². The molecular weight excluding hydrogens is 184 g/mol. The van der Waals surface area contributed by atoms with Crippen LogP contribution in [-0.4, -0.2) is 38.3 Å². The number of nitrogens with one attached hydrogen (secondary N) is 1. The van der Waals surface area contributed by atoms with Crippen LogP contribution in [0.3, 0.4) is 0 Å². The second kappa shape index (κ2) is 4.12. The summed E-state index contributed by atoms with van der Waals surface area (Å²) in [5, 5.41) is 8.50. The Bertz CT molecular complexity index is 414. The van der Waals surface area contributed by atoms with Crippen LogP contribution in [0.2, 0.25) is 0 Å². The molecule has 74 valence electrons. The molecule has 0 unspecified atom stereocenters. The highest BCUT2D eigenvalue weighted by atomic mass is 16.5. The van der Waals surface area contributed by atoms with Gasteiger partial charge in [0.2, 0.25) is 0 Å². The molecule has 2 rings (SSSR count). The lowest BCUT2D eigenvalue weighted by molar-refractivity contribution is 0.0778. The maximum atomic E-state index is 8.50. The molecule has 0 aliphatic carbocycles. The number of aromatic nitrogens is 4. The summed E-state index contributed by atoms with van der Waals surface area (Å²) in [4.78, 5) is 15.1. The monoisotopic (exact) mass is 194 g/mol. The lowest BCUT2D eigenvalue weighted by Crippen LogP contribution is -2.02. The van der Waals surface area contributed by atoms with E-state index in [0.717, 1.165) is 5.52 Å². The summed E-state index contributed by atoms with van der Waals surface area (Å²) in [5.41, 5.74) is 1.43. The van der Waals surface area contributed by atoms with Crippen LogP contribution in [0, 0.1) is 0 Å². The van der Waals surface area contributed by atoms with Gasteiger partial charge in [0.15, 0.2) is 11.5 Å². The standard InChI is InChI=1S/C8H10N4O2/c13-1-2-14-4-7-9-3-6-8(12-7)11-5-10-6/h3,5,13H,1-2,4H2,(H,9,10,11,12). The molecule has 0 saturated carbocycles. The Morgan fingerprint density at radius 3 is 3.21 bits per heavy atom. The van der Waals surface area contributed by atoms with E-state index in [1.54, 1.807) is 12.5 Å². The lowest BCUT2D eigenvalue weighted by atomic mass is 10.5. The van der Waals surface area contributed by atoms with Crippen molar-refractivity contribution in [2.75, 3.05) is 13.2 Å². The number of aliphatic hydroxyl groups excluding tert-OH is 1. The predicted octanol–water partition coefficient (Wildman–Crippen LogP) is -0.138. The van der Waals surface area contributed by atoms with E-state index >= 15 is 0 Å². The zero-order valence-corrected chi connectivity index (χ0v) is 7.47. The molecule has 2 aromatic rings. The van der Waals surface area contributed by atoms with E-state index in [-0.39, 0.29) is 6.61 Å². The number of fused-ring (bicyclic) bond motifs is 1.